The van der Waals surface area contributed by atoms with Crippen molar-refractivity contribution in [3.63, 3.8) is 0 Å². The van der Waals surface area contributed by atoms with Crippen LogP contribution in [0.3, 0.4) is 0 Å². The Labute approximate surface area is 286 Å². The molecule has 0 spiro atoms. The zero-order valence-electron chi connectivity index (χ0n) is 25.8. The van der Waals surface area contributed by atoms with Crippen LogP contribution < -0.4 is 9.62 Å². The Kier molecular flexibility index (Phi) is 12.1. The molecule has 2 atom stereocenters. The molecule has 4 aromatic carbocycles. The normalized spacial score (nSPS) is 12.7. The number of rotatable bonds is 13. The van der Waals surface area contributed by atoms with Crippen molar-refractivity contribution in [2.75, 3.05) is 10.8 Å². The van der Waals surface area contributed by atoms with Gasteiger partial charge in [-0.05, 0) is 73.9 Å². The molecule has 4 rings (SSSR count). The highest BCUT2D eigenvalue weighted by Gasteiger charge is 2.35. The van der Waals surface area contributed by atoms with Crippen LogP contribution in [0.15, 0.2) is 102 Å². The zero-order valence-corrected chi connectivity index (χ0v) is 28.9. The second kappa shape index (κ2) is 15.8. The summed E-state index contributed by atoms with van der Waals surface area (Å²) in [6.07, 6.45) is 0.875. The standard InChI is InChI=1S/C35H36Cl3N3O4S/c1-4-25(3)39-35(43)33(20-26-9-6-5-7-10-26)40(22-27-15-18-31(37)32(38)19-27)34(42)23-41(29-12-8-11-28(36)21-29)46(44,45)30-16-13-24(2)14-17-30/h5-19,21,25,33H,4,20,22-23H2,1-3H3,(H,39,43). The van der Waals surface area contributed by atoms with Gasteiger partial charge in [-0.1, -0.05) is 102 Å². The lowest BCUT2D eigenvalue weighted by atomic mass is 10.0. The molecule has 1 N–H and O–H groups in total. The van der Waals surface area contributed by atoms with Gasteiger partial charge in [-0.15, -0.1) is 0 Å². The maximum absolute atomic E-state index is 14.5. The first-order valence-electron chi connectivity index (χ1n) is 14.8. The molecule has 0 saturated heterocycles. The van der Waals surface area contributed by atoms with E-state index in [1.807, 2.05) is 51.1 Å². The van der Waals surface area contributed by atoms with Crippen molar-refractivity contribution < 1.29 is 18.0 Å². The number of aryl methyl sites for hydroxylation is 1. The van der Waals surface area contributed by atoms with Crippen LogP contribution in [0, 0.1) is 6.92 Å². The van der Waals surface area contributed by atoms with Gasteiger partial charge in [-0.3, -0.25) is 13.9 Å². The van der Waals surface area contributed by atoms with Gasteiger partial charge >= 0.3 is 0 Å². The molecule has 242 valence electrons. The Bertz CT molecular complexity index is 1770. The van der Waals surface area contributed by atoms with Crippen molar-refractivity contribution in [1.29, 1.82) is 0 Å². The number of sulfonamides is 1. The van der Waals surface area contributed by atoms with Gasteiger partial charge < -0.3 is 10.2 Å². The van der Waals surface area contributed by atoms with E-state index in [-0.39, 0.29) is 40.5 Å². The van der Waals surface area contributed by atoms with E-state index in [1.165, 1.54) is 23.1 Å². The second-order valence-electron chi connectivity index (χ2n) is 11.1. The number of nitrogens with one attached hydrogen (secondary N) is 1. The summed E-state index contributed by atoms with van der Waals surface area (Å²) in [6, 6.07) is 25.9. The zero-order chi connectivity index (χ0) is 33.4. The Hall–Kier alpha value is -3.56. The molecule has 0 radical (unpaired) electrons. The third-order valence-electron chi connectivity index (χ3n) is 7.59. The molecule has 0 aliphatic rings. The summed E-state index contributed by atoms with van der Waals surface area (Å²) < 4.78 is 29.3. The van der Waals surface area contributed by atoms with Crippen LogP contribution in [0.4, 0.5) is 5.69 Å². The predicted molar refractivity (Wildman–Crippen MR) is 186 cm³/mol. The van der Waals surface area contributed by atoms with Crippen molar-refractivity contribution >= 4 is 62.3 Å². The summed E-state index contributed by atoms with van der Waals surface area (Å²) in [4.78, 5) is 29.9. The minimum Gasteiger partial charge on any atom is -0.352 e. The van der Waals surface area contributed by atoms with E-state index in [4.69, 9.17) is 34.8 Å². The van der Waals surface area contributed by atoms with Crippen LogP contribution in [0.1, 0.15) is 37.0 Å². The fourth-order valence-corrected chi connectivity index (χ4v) is 6.74. The van der Waals surface area contributed by atoms with Crippen molar-refractivity contribution in [3.05, 3.63) is 129 Å². The molecule has 46 heavy (non-hydrogen) atoms. The van der Waals surface area contributed by atoms with Gasteiger partial charge in [-0.25, -0.2) is 8.42 Å². The van der Waals surface area contributed by atoms with Crippen LogP contribution in [0.2, 0.25) is 15.1 Å². The number of hydrogen-bond donors (Lipinski definition) is 1. The molecule has 11 heteroatoms. The number of benzene rings is 4. The molecule has 0 aliphatic heterocycles. The Morgan fingerprint density at radius 3 is 2.15 bits per heavy atom. The highest BCUT2D eigenvalue weighted by atomic mass is 35.5. The molecule has 4 aromatic rings. The van der Waals surface area contributed by atoms with Gasteiger partial charge in [0, 0.05) is 24.0 Å². The van der Waals surface area contributed by atoms with Gasteiger partial charge in [-0.2, -0.15) is 0 Å². The largest absolute Gasteiger partial charge is 0.352 e. The van der Waals surface area contributed by atoms with E-state index >= 15 is 0 Å². The molecule has 0 aliphatic carbocycles. The lowest BCUT2D eigenvalue weighted by Crippen LogP contribution is -2.54. The molecule has 0 saturated carbocycles. The van der Waals surface area contributed by atoms with E-state index in [2.05, 4.69) is 5.32 Å². The molecule has 0 fully saturated rings. The summed E-state index contributed by atoms with van der Waals surface area (Å²) in [6.45, 7) is 5.06. The maximum atomic E-state index is 14.5. The van der Waals surface area contributed by atoms with Crippen LogP contribution in [-0.4, -0.2) is 43.8 Å². The maximum Gasteiger partial charge on any atom is 0.264 e. The van der Waals surface area contributed by atoms with Crippen molar-refractivity contribution in [2.24, 2.45) is 0 Å². The Morgan fingerprint density at radius 2 is 1.52 bits per heavy atom. The quantitative estimate of drug-likeness (QED) is 0.155. The average Bonchev–Trinajstić information content (AvgIpc) is 3.03. The molecule has 2 unspecified atom stereocenters. The number of halogens is 3. The van der Waals surface area contributed by atoms with Crippen molar-refractivity contribution in [1.82, 2.24) is 10.2 Å². The molecular weight excluding hydrogens is 665 g/mol. The number of amides is 2. The Morgan fingerprint density at radius 1 is 0.826 bits per heavy atom. The highest BCUT2D eigenvalue weighted by molar-refractivity contribution is 7.92. The molecule has 2 amide bonds. The van der Waals surface area contributed by atoms with Gasteiger partial charge in [0.2, 0.25) is 11.8 Å². The van der Waals surface area contributed by atoms with Gasteiger partial charge in [0.15, 0.2) is 0 Å². The van der Waals surface area contributed by atoms with E-state index in [9.17, 15) is 18.0 Å². The van der Waals surface area contributed by atoms with Crippen LogP contribution in [-0.2, 0) is 32.6 Å². The highest BCUT2D eigenvalue weighted by Crippen LogP contribution is 2.28. The summed E-state index contributed by atoms with van der Waals surface area (Å²) in [5.74, 6) is -0.954. The van der Waals surface area contributed by atoms with Gasteiger partial charge in [0.1, 0.15) is 12.6 Å². The second-order valence-corrected chi connectivity index (χ2v) is 14.2. The number of hydrogen-bond acceptors (Lipinski definition) is 4. The molecule has 0 bridgehead atoms. The summed E-state index contributed by atoms with van der Waals surface area (Å²) in [5.41, 5.74) is 2.54. The fraction of sp³-hybridized carbons (Fsp3) is 0.257. The van der Waals surface area contributed by atoms with E-state index in [0.717, 1.165) is 15.4 Å². The minimum absolute atomic E-state index is 0.0113. The van der Waals surface area contributed by atoms with Crippen molar-refractivity contribution in [2.45, 2.75) is 57.1 Å². The lowest BCUT2D eigenvalue weighted by molar-refractivity contribution is -0.140. The van der Waals surface area contributed by atoms with E-state index < -0.39 is 28.5 Å². The minimum atomic E-state index is -4.24. The monoisotopic (exact) mass is 699 g/mol. The first kappa shape index (κ1) is 35.3. The van der Waals surface area contributed by atoms with Crippen LogP contribution in [0.25, 0.3) is 0 Å². The van der Waals surface area contributed by atoms with Gasteiger partial charge in [0.05, 0.1) is 20.6 Å². The number of nitrogens with zero attached hydrogens (tertiary/aromatic N) is 2. The topological polar surface area (TPSA) is 86.8 Å². The third-order valence-corrected chi connectivity index (χ3v) is 10.4. The van der Waals surface area contributed by atoms with Crippen molar-refractivity contribution in [3.8, 4) is 0 Å². The summed E-state index contributed by atoms with van der Waals surface area (Å²) in [5, 5.41) is 3.95. The van der Waals surface area contributed by atoms with Crippen LogP contribution in [0.5, 0.6) is 0 Å². The fourth-order valence-electron chi connectivity index (χ4n) is 4.83. The number of carbonyl (C=O) groups is 2. The SMILES string of the molecule is CCC(C)NC(=O)C(Cc1ccccc1)N(Cc1ccc(Cl)c(Cl)c1)C(=O)CN(c1cccc(Cl)c1)S(=O)(=O)c1ccc(C)cc1. The molecule has 7 nitrogen and oxygen atoms in total. The first-order chi connectivity index (χ1) is 21.9. The average molecular weight is 701 g/mol. The van der Waals surface area contributed by atoms with E-state index in [0.29, 0.717) is 22.0 Å². The first-order valence-corrected chi connectivity index (χ1v) is 17.4. The molecule has 0 aromatic heterocycles. The predicted octanol–water partition coefficient (Wildman–Crippen LogP) is 7.71. The lowest BCUT2D eigenvalue weighted by Gasteiger charge is -2.34. The summed E-state index contributed by atoms with van der Waals surface area (Å²) >= 11 is 18.8. The molecule has 0 heterocycles. The van der Waals surface area contributed by atoms with Crippen LogP contribution >= 0.6 is 34.8 Å². The van der Waals surface area contributed by atoms with Gasteiger partial charge in [0.25, 0.3) is 10.0 Å². The third kappa shape index (κ3) is 9.04. The smallest absolute Gasteiger partial charge is 0.264 e. The Balaban J connectivity index is 1.82. The molecular formula is C35H36Cl3N3O4S. The van der Waals surface area contributed by atoms with E-state index in [1.54, 1.807) is 48.5 Å². The summed E-state index contributed by atoms with van der Waals surface area (Å²) in [7, 11) is -4.24. The number of anilines is 1. The number of carbonyl (C=O) groups excluding carboxylic acids is 2.